The number of aromatic nitrogens is 3. The highest BCUT2D eigenvalue weighted by Gasteiger charge is 2.24. The van der Waals surface area contributed by atoms with E-state index in [1.807, 2.05) is 12.4 Å². The number of nitrogens with zero attached hydrogens (tertiary/aromatic N) is 4. The average molecular weight is 815 g/mol. The topological polar surface area (TPSA) is 46.5 Å². The van der Waals surface area contributed by atoms with Gasteiger partial charge < -0.3 is 9.13 Å². The van der Waals surface area contributed by atoms with Crippen molar-refractivity contribution >= 4 is 43.6 Å². The highest BCUT2D eigenvalue weighted by Crippen LogP contribution is 2.45. The fourth-order valence-corrected chi connectivity index (χ4v) is 9.64. The molecule has 12 aromatic rings. The normalized spacial score (nSPS) is 11.4. The molecular formula is C60H38N4. The van der Waals surface area contributed by atoms with Crippen molar-refractivity contribution in [2.75, 3.05) is 0 Å². The summed E-state index contributed by atoms with van der Waals surface area (Å²) in [6.45, 7) is 0. The molecule has 0 unspecified atom stereocenters. The van der Waals surface area contributed by atoms with Gasteiger partial charge in [0.1, 0.15) is 0 Å². The van der Waals surface area contributed by atoms with Gasteiger partial charge in [-0.15, -0.1) is 0 Å². The van der Waals surface area contributed by atoms with Crippen LogP contribution in [0.3, 0.4) is 0 Å². The molecule has 4 nitrogen and oxygen atoms in total. The molecule has 0 aliphatic rings. The zero-order valence-electron chi connectivity index (χ0n) is 34.7. The Morgan fingerprint density at radius 3 is 0.922 bits per heavy atom. The predicted octanol–water partition coefficient (Wildman–Crippen LogP) is 15.5. The lowest BCUT2D eigenvalue weighted by molar-refractivity contribution is 1.13. The van der Waals surface area contributed by atoms with Crippen LogP contribution in [0.1, 0.15) is 5.56 Å². The van der Waals surface area contributed by atoms with Crippen molar-refractivity contribution in [3.63, 3.8) is 0 Å². The van der Waals surface area contributed by atoms with Gasteiger partial charge in [-0.25, -0.2) is 0 Å². The predicted molar refractivity (Wildman–Crippen MR) is 265 cm³/mol. The van der Waals surface area contributed by atoms with Crippen molar-refractivity contribution in [3.8, 4) is 73.1 Å². The van der Waals surface area contributed by atoms with Gasteiger partial charge in [-0.1, -0.05) is 170 Å². The molecule has 0 bridgehead atoms. The number of hydrogen-bond acceptors (Lipinski definition) is 2. The van der Waals surface area contributed by atoms with Crippen molar-refractivity contribution < 1.29 is 0 Å². The van der Waals surface area contributed by atoms with Crippen LogP contribution in [0.2, 0.25) is 0 Å². The lowest BCUT2D eigenvalue weighted by Crippen LogP contribution is -2.05. The number of nitriles is 1. The smallest absolute Gasteiger partial charge is 0.0993 e. The zero-order chi connectivity index (χ0) is 42.6. The first-order valence-electron chi connectivity index (χ1n) is 21.6. The number of benzene rings is 9. The summed E-state index contributed by atoms with van der Waals surface area (Å²) in [6, 6.07) is 80.3. The van der Waals surface area contributed by atoms with Crippen LogP contribution < -0.4 is 0 Å². The van der Waals surface area contributed by atoms with Crippen molar-refractivity contribution in [3.05, 3.63) is 236 Å². The van der Waals surface area contributed by atoms with Crippen LogP contribution in [0.25, 0.3) is 111 Å². The molecule has 0 radical (unpaired) electrons. The quantitative estimate of drug-likeness (QED) is 0.161. The molecule has 4 heteroatoms. The molecule has 64 heavy (non-hydrogen) atoms. The second-order valence-corrected chi connectivity index (χ2v) is 16.3. The molecule has 12 rings (SSSR count). The Balaban J connectivity index is 1.24. The summed E-state index contributed by atoms with van der Waals surface area (Å²) in [4.78, 5) is 4.50. The van der Waals surface area contributed by atoms with Crippen LogP contribution in [-0.4, -0.2) is 14.1 Å². The largest absolute Gasteiger partial charge is 0.308 e. The van der Waals surface area contributed by atoms with Crippen LogP contribution in [0, 0.1) is 11.3 Å². The van der Waals surface area contributed by atoms with Gasteiger partial charge in [-0.05, 0) is 98.6 Å². The molecule has 0 aliphatic heterocycles. The average Bonchev–Trinajstić information content (AvgIpc) is 3.88. The van der Waals surface area contributed by atoms with Gasteiger partial charge in [0.05, 0.1) is 45.1 Å². The van der Waals surface area contributed by atoms with E-state index >= 15 is 0 Å². The number of pyridine rings is 1. The summed E-state index contributed by atoms with van der Waals surface area (Å²) in [5.74, 6) is 0. The van der Waals surface area contributed by atoms with Crippen molar-refractivity contribution in [2.45, 2.75) is 0 Å². The summed E-state index contributed by atoms with van der Waals surface area (Å²) in [5.41, 5.74) is 17.6. The van der Waals surface area contributed by atoms with Crippen LogP contribution in [0.15, 0.2) is 231 Å². The van der Waals surface area contributed by atoms with E-state index in [9.17, 15) is 5.26 Å². The van der Waals surface area contributed by atoms with E-state index in [0.29, 0.717) is 5.56 Å². The Morgan fingerprint density at radius 1 is 0.312 bits per heavy atom. The van der Waals surface area contributed by atoms with Crippen molar-refractivity contribution in [2.24, 2.45) is 0 Å². The molecule has 0 atom stereocenters. The molecule has 0 N–H and O–H groups in total. The molecule has 298 valence electrons. The van der Waals surface area contributed by atoms with E-state index in [4.69, 9.17) is 0 Å². The fourth-order valence-electron chi connectivity index (χ4n) is 9.64. The molecule has 0 spiro atoms. The lowest BCUT2D eigenvalue weighted by atomic mass is 9.98. The Labute approximate surface area is 370 Å². The Morgan fingerprint density at radius 2 is 0.625 bits per heavy atom. The van der Waals surface area contributed by atoms with Crippen molar-refractivity contribution in [1.29, 1.82) is 5.26 Å². The molecular weight excluding hydrogens is 777 g/mol. The van der Waals surface area contributed by atoms with Crippen LogP contribution in [0.5, 0.6) is 0 Å². The minimum Gasteiger partial charge on any atom is -0.308 e. The highest BCUT2D eigenvalue weighted by atomic mass is 15.0. The maximum Gasteiger partial charge on any atom is 0.0993 e. The van der Waals surface area contributed by atoms with Crippen molar-refractivity contribution in [1.82, 2.24) is 14.1 Å². The van der Waals surface area contributed by atoms with Gasteiger partial charge in [0.2, 0.25) is 0 Å². The summed E-state index contributed by atoms with van der Waals surface area (Å²) in [7, 11) is 0. The fraction of sp³-hybridized carbons (Fsp3) is 0. The molecule has 0 aliphatic carbocycles. The molecule has 0 saturated carbocycles. The molecule has 9 aromatic carbocycles. The SMILES string of the molecule is N#Cc1cc(-n2c3cc(-c4ccccc4)ccc3c3ccc(-c4ccccc4)cc32)c(-c2ccncc2)c(-n2c3cc(-c4ccccc4)ccc3c3ccc(-c4ccccc4)cc32)c1. The number of hydrogen-bond donors (Lipinski definition) is 0. The molecule has 0 saturated heterocycles. The third-order valence-electron chi connectivity index (χ3n) is 12.6. The second-order valence-electron chi connectivity index (χ2n) is 16.3. The second kappa shape index (κ2) is 15.3. The van der Waals surface area contributed by atoms with E-state index in [-0.39, 0.29) is 0 Å². The molecule has 3 aromatic heterocycles. The van der Waals surface area contributed by atoms with E-state index < -0.39 is 0 Å². The van der Waals surface area contributed by atoms with Gasteiger partial charge in [0, 0.05) is 39.5 Å². The van der Waals surface area contributed by atoms with Crippen LogP contribution in [0.4, 0.5) is 0 Å². The molecule has 3 heterocycles. The van der Waals surface area contributed by atoms with Gasteiger partial charge in [0.25, 0.3) is 0 Å². The maximum absolute atomic E-state index is 11.1. The first-order valence-corrected chi connectivity index (χ1v) is 21.6. The van der Waals surface area contributed by atoms with Gasteiger partial charge >= 0.3 is 0 Å². The van der Waals surface area contributed by atoms with Crippen LogP contribution in [-0.2, 0) is 0 Å². The minimum atomic E-state index is 0.560. The zero-order valence-corrected chi connectivity index (χ0v) is 34.7. The first kappa shape index (κ1) is 37.0. The Hall–Kier alpha value is -8.78. The Bertz CT molecular complexity index is 3340. The number of rotatable bonds is 7. The molecule has 0 fully saturated rings. The molecule has 0 amide bonds. The summed E-state index contributed by atoms with van der Waals surface area (Å²) >= 11 is 0. The standard InChI is InChI=1S/C60H38N4/c61-39-40-33-58(63-54-35-46(41-13-5-1-6-14-41)21-25-50(54)51-26-22-47(36-55(51)63)42-15-7-2-8-16-42)60(45-29-31-62-32-30-45)59(34-40)64-56-37-48(43-17-9-3-10-18-43)23-27-52(56)53-28-24-49(38-57(53)64)44-19-11-4-12-20-44/h1-38H. The minimum absolute atomic E-state index is 0.560. The van der Waals surface area contributed by atoms with E-state index in [2.05, 4.69) is 239 Å². The van der Waals surface area contributed by atoms with E-state index in [0.717, 1.165) is 111 Å². The monoisotopic (exact) mass is 814 g/mol. The lowest BCUT2D eigenvalue weighted by Gasteiger charge is -2.21. The van der Waals surface area contributed by atoms with E-state index in [1.54, 1.807) is 0 Å². The summed E-state index contributed by atoms with van der Waals surface area (Å²) in [6.07, 6.45) is 3.72. The summed E-state index contributed by atoms with van der Waals surface area (Å²) in [5, 5.41) is 15.6. The van der Waals surface area contributed by atoms with Gasteiger partial charge in [-0.2, -0.15) is 5.26 Å². The number of fused-ring (bicyclic) bond motifs is 6. The maximum atomic E-state index is 11.1. The highest BCUT2D eigenvalue weighted by molar-refractivity contribution is 6.14. The Kier molecular flexibility index (Phi) is 8.84. The first-order chi connectivity index (χ1) is 31.7. The third-order valence-corrected chi connectivity index (χ3v) is 12.6. The van der Waals surface area contributed by atoms with E-state index in [1.165, 1.54) is 0 Å². The van der Waals surface area contributed by atoms with Gasteiger partial charge in [-0.3, -0.25) is 4.98 Å². The summed E-state index contributed by atoms with van der Waals surface area (Å²) < 4.78 is 4.78. The van der Waals surface area contributed by atoms with Crippen LogP contribution >= 0.6 is 0 Å². The van der Waals surface area contributed by atoms with Gasteiger partial charge in [0.15, 0.2) is 0 Å². The third kappa shape index (κ3) is 6.18.